The maximum atomic E-state index is 5.69. The van der Waals surface area contributed by atoms with Crippen molar-refractivity contribution < 1.29 is 4.42 Å². The number of aromatic nitrogens is 1. The zero-order valence-electron chi connectivity index (χ0n) is 11.8. The molecule has 0 radical (unpaired) electrons. The fraction of sp³-hybridized carbons (Fsp3) is 0.812. The fourth-order valence-electron chi connectivity index (χ4n) is 5.11. The van der Waals surface area contributed by atoms with Gasteiger partial charge in [0.15, 0.2) is 0 Å². The number of hydrogen-bond acceptors (Lipinski definition) is 3. The lowest BCUT2D eigenvalue weighted by molar-refractivity contribution is 0.204. The van der Waals surface area contributed by atoms with Gasteiger partial charge < -0.3 is 9.73 Å². The molecule has 0 aliphatic heterocycles. The van der Waals surface area contributed by atoms with E-state index in [1.165, 1.54) is 32.1 Å². The van der Waals surface area contributed by atoms with E-state index in [0.717, 1.165) is 54.3 Å². The van der Waals surface area contributed by atoms with E-state index in [1.807, 2.05) is 6.20 Å². The van der Waals surface area contributed by atoms with E-state index in [-0.39, 0.29) is 0 Å². The van der Waals surface area contributed by atoms with E-state index in [1.54, 1.807) is 0 Å². The SMILES string of the molecule is CCc1cnc(CNC2CC3CC2C2CCCC32)o1. The van der Waals surface area contributed by atoms with Crippen molar-refractivity contribution in [1.29, 1.82) is 0 Å². The average Bonchev–Trinajstić information content (AvgIpc) is 3.16. The van der Waals surface area contributed by atoms with Crippen molar-refractivity contribution in [2.24, 2.45) is 23.7 Å². The minimum absolute atomic E-state index is 0.723. The second-order valence-corrected chi connectivity index (χ2v) is 6.72. The van der Waals surface area contributed by atoms with Crippen molar-refractivity contribution in [3.05, 3.63) is 17.8 Å². The summed E-state index contributed by atoms with van der Waals surface area (Å²) in [6, 6.07) is 0.723. The molecule has 104 valence electrons. The van der Waals surface area contributed by atoms with E-state index >= 15 is 0 Å². The Balaban J connectivity index is 1.37. The Morgan fingerprint density at radius 1 is 1.26 bits per heavy atom. The predicted octanol–water partition coefficient (Wildman–Crippen LogP) is 3.15. The van der Waals surface area contributed by atoms with Gasteiger partial charge in [0.2, 0.25) is 5.89 Å². The third-order valence-electron chi connectivity index (χ3n) is 5.89. The summed E-state index contributed by atoms with van der Waals surface area (Å²) in [5, 5.41) is 3.72. The summed E-state index contributed by atoms with van der Waals surface area (Å²) in [4.78, 5) is 4.35. The first-order valence-electron chi connectivity index (χ1n) is 8.02. The molecule has 3 saturated carbocycles. The lowest BCUT2D eigenvalue weighted by Gasteiger charge is -2.31. The standard InChI is InChI=1S/C16H24N2O/c1-2-11-8-18-16(19-11)9-17-15-7-10-6-14(15)13-5-3-4-12(10)13/h8,10,12-15,17H,2-7,9H2,1H3. The highest BCUT2D eigenvalue weighted by Gasteiger charge is 2.53. The molecule has 3 nitrogen and oxygen atoms in total. The number of aryl methyl sites for hydroxylation is 1. The molecule has 0 saturated heterocycles. The third-order valence-corrected chi connectivity index (χ3v) is 5.89. The zero-order chi connectivity index (χ0) is 12.8. The quantitative estimate of drug-likeness (QED) is 0.903. The maximum Gasteiger partial charge on any atom is 0.208 e. The number of hydrogen-bond donors (Lipinski definition) is 1. The molecular weight excluding hydrogens is 236 g/mol. The van der Waals surface area contributed by atoms with Crippen LogP contribution in [0.2, 0.25) is 0 Å². The molecule has 4 rings (SSSR count). The largest absolute Gasteiger partial charge is 0.444 e. The minimum Gasteiger partial charge on any atom is -0.444 e. The number of oxazole rings is 1. The van der Waals surface area contributed by atoms with Gasteiger partial charge in [-0.15, -0.1) is 0 Å². The summed E-state index contributed by atoms with van der Waals surface area (Å²) in [6.07, 6.45) is 10.2. The number of rotatable bonds is 4. The second kappa shape index (κ2) is 4.62. The van der Waals surface area contributed by atoms with Crippen LogP contribution in [0.4, 0.5) is 0 Å². The first kappa shape index (κ1) is 12.0. The first-order valence-corrected chi connectivity index (χ1v) is 8.02. The van der Waals surface area contributed by atoms with Crippen LogP contribution in [-0.2, 0) is 13.0 Å². The van der Waals surface area contributed by atoms with E-state index in [4.69, 9.17) is 4.42 Å². The van der Waals surface area contributed by atoms with Crippen LogP contribution in [0.1, 0.15) is 50.7 Å². The van der Waals surface area contributed by atoms with Gasteiger partial charge in [-0.2, -0.15) is 0 Å². The summed E-state index contributed by atoms with van der Waals surface area (Å²) in [7, 11) is 0. The Labute approximate surface area is 115 Å². The lowest BCUT2D eigenvalue weighted by atomic mass is 9.79. The van der Waals surface area contributed by atoms with Crippen molar-refractivity contribution >= 4 is 0 Å². The minimum atomic E-state index is 0.723. The summed E-state index contributed by atoms with van der Waals surface area (Å²) in [5.41, 5.74) is 0. The molecule has 3 fully saturated rings. The Bertz CT molecular complexity index is 455. The molecule has 0 spiro atoms. The molecule has 1 N–H and O–H groups in total. The third kappa shape index (κ3) is 1.94. The van der Waals surface area contributed by atoms with Crippen molar-refractivity contribution in [3.8, 4) is 0 Å². The molecule has 3 aliphatic carbocycles. The molecule has 2 bridgehead atoms. The van der Waals surface area contributed by atoms with Gasteiger partial charge in [-0.25, -0.2) is 4.98 Å². The molecule has 0 amide bonds. The van der Waals surface area contributed by atoms with Gasteiger partial charge >= 0.3 is 0 Å². The molecule has 3 heteroatoms. The van der Waals surface area contributed by atoms with Gasteiger partial charge in [0.25, 0.3) is 0 Å². The van der Waals surface area contributed by atoms with Gasteiger partial charge in [0.05, 0.1) is 12.7 Å². The molecule has 0 aromatic carbocycles. The summed E-state index contributed by atoms with van der Waals surface area (Å²) in [6.45, 7) is 2.92. The normalized spacial score (nSPS) is 39.9. The van der Waals surface area contributed by atoms with Crippen LogP contribution in [0.25, 0.3) is 0 Å². The van der Waals surface area contributed by atoms with Crippen molar-refractivity contribution in [3.63, 3.8) is 0 Å². The molecular formula is C16H24N2O. The number of nitrogens with zero attached hydrogens (tertiary/aromatic N) is 1. The number of nitrogens with one attached hydrogen (secondary N) is 1. The van der Waals surface area contributed by atoms with E-state index in [9.17, 15) is 0 Å². The van der Waals surface area contributed by atoms with Gasteiger partial charge in [0, 0.05) is 12.5 Å². The monoisotopic (exact) mass is 260 g/mol. The van der Waals surface area contributed by atoms with Gasteiger partial charge in [-0.3, -0.25) is 0 Å². The van der Waals surface area contributed by atoms with Crippen molar-refractivity contribution in [1.82, 2.24) is 10.3 Å². The average molecular weight is 260 g/mol. The van der Waals surface area contributed by atoms with Gasteiger partial charge in [0.1, 0.15) is 5.76 Å². The fourth-order valence-corrected chi connectivity index (χ4v) is 5.11. The Kier molecular flexibility index (Phi) is 2.91. The summed E-state index contributed by atoms with van der Waals surface area (Å²) < 4.78 is 5.69. The topological polar surface area (TPSA) is 38.1 Å². The van der Waals surface area contributed by atoms with Crippen LogP contribution in [0.15, 0.2) is 10.6 Å². The molecule has 3 aliphatic rings. The van der Waals surface area contributed by atoms with Crippen LogP contribution < -0.4 is 5.32 Å². The van der Waals surface area contributed by atoms with Gasteiger partial charge in [-0.05, 0) is 49.4 Å². The van der Waals surface area contributed by atoms with Crippen LogP contribution in [0, 0.1) is 23.7 Å². The maximum absolute atomic E-state index is 5.69. The molecule has 19 heavy (non-hydrogen) atoms. The Morgan fingerprint density at radius 3 is 3.00 bits per heavy atom. The Morgan fingerprint density at radius 2 is 2.16 bits per heavy atom. The first-order chi connectivity index (χ1) is 9.35. The predicted molar refractivity (Wildman–Crippen MR) is 73.6 cm³/mol. The molecule has 5 atom stereocenters. The van der Waals surface area contributed by atoms with Crippen LogP contribution >= 0.6 is 0 Å². The van der Waals surface area contributed by atoms with Crippen LogP contribution in [0.3, 0.4) is 0 Å². The van der Waals surface area contributed by atoms with Crippen LogP contribution in [0.5, 0.6) is 0 Å². The molecule has 1 aromatic rings. The second-order valence-electron chi connectivity index (χ2n) is 6.72. The number of fused-ring (bicyclic) bond motifs is 5. The summed E-state index contributed by atoms with van der Waals surface area (Å²) in [5.74, 6) is 5.94. The molecule has 1 aromatic heterocycles. The van der Waals surface area contributed by atoms with Crippen molar-refractivity contribution in [2.75, 3.05) is 0 Å². The lowest BCUT2D eigenvalue weighted by Crippen LogP contribution is -2.38. The summed E-state index contributed by atoms with van der Waals surface area (Å²) >= 11 is 0. The van der Waals surface area contributed by atoms with E-state index in [0.29, 0.717) is 0 Å². The van der Waals surface area contributed by atoms with E-state index in [2.05, 4.69) is 17.2 Å². The molecule has 1 heterocycles. The highest BCUT2D eigenvalue weighted by Crippen LogP contribution is 2.58. The molecule has 5 unspecified atom stereocenters. The van der Waals surface area contributed by atoms with Crippen LogP contribution in [-0.4, -0.2) is 11.0 Å². The van der Waals surface area contributed by atoms with Crippen molar-refractivity contribution in [2.45, 2.75) is 58.0 Å². The zero-order valence-corrected chi connectivity index (χ0v) is 11.8. The highest BCUT2D eigenvalue weighted by molar-refractivity contribution is 5.06. The highest BCUT2D eigenvalue weighted by atomic mass is 16.4. The van der Waals surface area contributed by atoms with E-state index < -0.39 is 0 Å². The Hall–Kier alpha value is -0.830. The van der Waals surface area contributed by atoms with Gasteiger partial charge in [-0.1, -0.05) is 13.3 Å². The smallest absolute Gasteiger partial charge is 0.208 e.